The van der Waals surface area contributed by atoms with Gasteiger partial charge in [-0.3, -0.25) is 0 Å². The summed E-state index contributed by atoms with van der Waals surface area (Å²) in [6.07, 6.45) is 7.44. The summed E-state index contributed by atoms with van der Waals surface area (Å²) in [5, 5.41) is 9.06. The number of nitriles is 1. The van der Waals surface area contributed by atoms with Crippen LogP contribution in [0.5, 0.6) is 5.75 Å². The van der Waals surface area contributed by atoms with E-state index in [4.69, 9.17) is 15.7 Å². The highest BCUT2D eigenvalue weighted by Crippen LogP contribution is 2.30. The zero-order valence-corrected chi connectivity index (χ0v) is 15.3. The third-order valence-corrected chi connectivity index (χ3v) is 5.90. The highest BCUT2D eigenvalue weighted by Gasteiger charge is 2.32. The van der Waals surface area contributed by atoms with Crippen LogP contribution in [-0.2, 0) is 10.0 Å². The second-order valence-electron chi connectivity index (χ2n) is 5.99. The molecule has 7 nitrogen and oxygen atoms in total. The van der Waals surface area contributed by atoms with Crippen molar-refractivity contribution in [2.75, 3.05) is 12.8 Å². The standard InChI is InChI=1S/C18H17FN4O3S/c1-23-18(21)22-17(11-27(23,24)25)15-9-14(6-7-16(15)19)26-13-5-3-2-4-12(8-13)10-20/h2,4-9,17H,3,11H2,1H3,(H2,21,22). The molecule has 1 aromatic rings. The molecule has 9 heteroatoms. The van der Waals surface area contributed by atoms with Crippen LogP contribution in [0, 0.1) is 17.1 Å². The first-order valence-electron chi connectivity index (χ1n) is 8.06. The molecule has 0 fully saturated rings. The number of halogens is 1. The highest BCUT2D eigenvalue weighted by molar-refractivity contribution is 7.89. The molecule has 1 unspecified atom stereocenters. The van der Waals surface area contributed by atoms with Gasteiger partial charge in [-0.1, -0.05) is 6.08 Å². The van der Waals surface area contributed by atoms with Gasteiger partial charge in [-0.15, -0.1) is 0 Å². The smallest absolute Gasteiger partial charge is 0.239 e. The van der Waals surface area contributed by atoms with E-state index in [1.54, 1.807) is 18.2 Å². The number of sulfonamides is 1. The molecule has 0 saturated heterocycles. The fraction of sp³-hybridized carbons (Fsp3) is 0.222. The van der Waals surface area contributed by atoms with Gasteiger partial charge in [0.2, 0.25) is 16.0 Å². The van der Waals surface area contributed by atoms with E-state index in [9.17, 15) is 12.8 Å². The number of nitrogens with two attached hydrogens (primary N) is 1. The number of hydrogen-bond donors (Lipinski definition) is 1. The van der Waals surface area contributed by atoms with E-state index >= 15 is 0 Å². The van der Waals surface area contributed by atoms with Crippen LogP contribution in [0.2, 0.25) is 0 Å². The summed E-state index contributed by atoms with van der Waals surface area (Å²) in [5.74, 6) is -0.453. The molecule has 0 amide bonds. The average Bonchev–Trinajstić information content (AvgIpc) is 2.86. The van der Waals surface area contributed by atoms with Crippen LogP contribution in [0.3, 0.4) is 0 Å². The molecule has 1 aliphatic carbocycles. The first kappa shape index (κ1) is 18.7. The number of nitrogens with zero attached hydrogens (tertiary/aromatic N) is 3. The van der Waals surface area contributed by atoms with Crippen molar-refractivity contribution in [3.05, 3.63) is 65.2 Å². The number of ether oxygens (including phenoxy) is 1. The third kappa shape index (κ3) is 4.01. The van der Waals surface area contributed by atoms with Crippen LogP contribution in [0.25, 0.3) is 0 Å². The normalized spacial score (nSPS) is 21.4. The van der Waals surface area contributed by atoms with Crippen molar-refractivity contribution in [3.63, 3.8) is 0 Å². The Bertz CT molecular complexity index is 1040. The summed E-state index contributed by atoms with van der Waals surface area (Å²) in [6.45, 7) is 0. The Morgan fingerprint density at radius 3 is 2.93 bits per heavy atom. The number of rotatable bonds is 3. The average molecular weight is 388 g/mol. The quantitative estimate of drug-likeness (QED) is 0.853. The predicted octanol–water partition coefficient (Wildman–Crippen LogP) is 2.13. The molecule has 1 heterocycles. The van der Waals surface area contributed by atoms with Gasteiger partial charge in [-0.05, 0) is 42.8 Å². The lowest BCUT2D eigenvalue weighted by Gasteiger charge is -2.27. The number of benzene rings is 1. The van der Waals surface area contributed by atoms with Gasteiger partial charge in [-0.2, -0.15) is 5.26 Å². The minimum Gasteiger partial charge on any atom is -0.458 e. The van der Waals surface area contributed by atoms with Gasteiger partial charge in [0.25, 0.3) is 0 Å². The number of aliphatic imine (C=N–C) groups is 1. The monoisotopic (exact) mass is 388 g/mol. The minimum atomic E-state index is -3.68. The Hall–Kier alpha value is -3.12. The Labute approximate surface area is 156 Å². The SMILES string of the molecule is CN1C(N)=NC(c2cc(OC3=CCC=CC(C#N)=C3)ccc2F)CS1(=O)=O. The van der Waals surface area contributed by atoms with E-state index in [0.717, 1.165) is 4.31 Å². The minimum absolute atomic E-state index is 0.0731. The first-order chi connectivity index (χ1) is 12.8. The number of allylic oxidation sites excluding steroid dienone is 5. The van der Waals surface area contributed by atoms with Crippen molar-refractivity contribution >= 4 is 16.0 Å². The first-order valence-corrected chi connectivity index (χ1v) is 9.67. The molecule has 3 rings (SSSR count). The third-order valence-electron chi connectivity index (χ3n) is 4.14. The fourth-order valence-electron chi connectivity index (χ4n) is 2.65. The molecule has 0 spiro atoms. The summed E-state index contributed by atoms with van der Waals surface area (Å²) in [4.78, 5) is 4.08. The Balaban J connectivity index is 1.92. The summed E-state index contributed by atoms with van der Waals surface area (Å²) in [6, 6.07) is 5.08. The molecule has 27 heavy (non-hydrogen) atoms. The molecule has 2 N–H and O–H groups in total. The zero-order chi connectivity index (χ0) is 19.6. The van der Waals surface area contributed by atoms with Crippen molar-refractivity contribution in [2.45, 2.75) is 12.5 Å². The molecule has 0 bridgehead atoms. The van der Waals surface area contributed by atoms with E-state index in [-0.39, 0.29) is 11.5 Å². The summed E-state index contributed by atoms with van der Waals surface area (Å²) in [7, 11) is -2.38. The molecular weight excluding hydrogens is 371 g/mol. The second kappa shape index (κ2) is 7.25. The number of guanidine groups is 1. The van der Waals surface area contributed by atoms with E-state index < -0.39 is 27.6 Å². The van der Waals surface area contributed by atoms with E-state index in [0.29, 0.717) is 23.5 Å². The van der Waals surface area contributed by atoms with Gasteiger partial charge in [0.05, 0.1) is 23.4 Å². The lowest BCUT2D eigenvalue weighted by molar-refractivity contribution is 0.438. The van der Waals surface area contributed by atoms with Gasteiger partial charge in [-0.25, -0.2) is 22.1 Å². The van der Waals surface area contributed by atoms with Crippen LogP contribution in [0.1, 0.15) is 18.0 Å². The van der Waals surface area contributed by atoms with Crippen LogP contribution in [0.15, 0.2) is 58.8 Å². The van der Waals surface area contributed by atoms with Crippen LogP contribution >= 0.6 is 0 Å². The molecule has 0 aromatic heterocycles. The van der Waals surface area contributed by atoms with Crippen molar-refractivity contribution in [1.29, 1.82) is 5.26 Å². The molecule has 1 aliphatic heterocycles. The molecule has 140 valence electrons. The lowest BCUT2D eigenvalue weighted by Crippen LogP contribution is -2.45. The van der Waals surface area contributed by atoms with Gasteiger partial charge < -0.3 is 10.5 Å². The van der Waals surface area contributed by atoms with Gasteiger partial charge >= 0.3 is 0 Å². The van der Waals surface area contributed by atoms with Crippen molar-refractivity contribution < 1.29 is 17.5 Å². The van der Waals surface area contributed by atoms with Gasteiger partial charge in [0.1, 0.15) is 17.3 Å². The van der Waals surface area contributed by atoms with Crippen molar-refractivity contribution in [2.24, 2.45) is 10.7 Å². The number of hydrogen-bond acceptors (Lipinski definition) is 6. The molecule has 1 aromatic carbocycles. The maximum atomic E-state index is 14.3. The highest BCUT2D eigenvalue weighted by atomic mass is 32.2. The lowest BCUT2D eigenvalue weighted by atomic mass is 10.1. The molecular formula is C18H17FN4O3S. The summed E-state index contributed by atoms with van der Waals surface area (Å²) in [5.41, 5.74) is 6.16. The molecule has 1 atom stereocenters. The van der Waals surface area contributed by atoms with Crippen molar-refractivity contribution in [1.82, 2.24) is 4.31 Å². The second-order valence-corrected chi connectivity index (χ2v) is 8.04. The summed E-state index contributed by atoms with van der Waals surface area (Å²) >= 11 is 0. The molecule has 0 saturated carbocycles. The maximum Gasteiger partial charge on any atom is 0.239 e. The van der Waals surface area contributed by atoms with E-state index in [1.807, 2.05) is 12.1 Å². The Morgan fingerprint density at radius 2 is 2.22 bits per heavy atom. The zero-order valence-electron chi connectivity index (χ0n) is 14.5. The van der Waals surface area contributed by atoms with Crippen LogP contribution < -0.4 is 10.5 Å². The van der Waals surface area contributed by atoms with E-state index in [2.05, 4.69) is 4.99 Å². The van der Waals surface area contributed by atoms with Crippen LogP contribution in [-0.4, -0.2) is 31.5 Å². The van der Waals surface area contributed by atoms with Gasteiger partial charge in [0, 0.05) is 12.6 Å². The van der Waals surface area contributed by atoms with E-state index in [1.165, 1.54) is 25.2 Å². The molecule has 0 radical (unpaired) electrons. The topological polar surface area (TPSA) is 109 Å². The molecule has 2 aliphatic rings. The summed E-state index contributed by atoms with van der Waals surface area (Å²) < 4.78 is 45.3. The van der Waals surface area contributed by atoms with Crippen molar-refractivity contribution in [3.8, 4) is 11.8 Å². The fourth-order valence-corrected chi connectivity index (χ4v) is 3.86. The van der Waals surface area contributed by atoms with Gasteiger partial charge in [0.15, 0.2) is 0 Å². The Morgan fingerprint density at radius 1 is 1.44 bits per heavy atom. The Kier molecular flexibility index (Phi) is 5.01. The maximum absolute atomic E-state index is 14.3. The predicted molar refractivity (Wildman–Crippen MR) is 98.5 cm³/mol. The largest absolute Gasteiger partial charge is 0.458 e. The van der Waals surface area contributed by atoms with Crippen LogP contribution in [0.4, 0.5) is 4.39 Å².